The summed E-state index contributed by atoms with van der Waals surface area (Å²) in [5.41, 5.74) is 1.61. The van der Waals surface area contributed by atoms with E-state index in [4.69, 9.17) is 4.74 Å². The molecule has 0 aliphatic rings. The molecule has 4 N–H and O–H groups in total. The molecule has 1 aromatic heterocycles. The number of benzene rings is 2. The Labute approximate surface area is 182 Å². The number of hydrogen-bond donors (Lipinski definition) is 4. The van der Waals surface area contributed by atoms with Gasteiger partial charge < -0.3 is 25.0 Å². The maximum Gasteiger partial charge on any atom is 0.251 e. The fourth-order valence-corrected chi connectivity index (χ4v) is 3.78. The van der Waals surface area contributed by atoms with Crippen LogP contribution in [0, 0.1) is 0 Å². The summed E-state index contributed by atoms with van der Waals surface area (Å²) in [6.07, 6.45) is 7.28. The van der Waals surface area contributed by atoms with Gasteiger partial charge in [0.25, 0.3) is 5.56 Å². The van der Waals surface area contributed by atoms with Crippen molar-refractivity contribution < 1.29 is 20.1 Å². The van der Waals surface area contributed by atoms with Crippen LogP contribution in [0.5, 0.6) is 28.7 Å². The van der Waals surface area contributed by atoms with Gasteiger partial charge in [0.2, 0.25) is 0 Å². The average molecular weight is 426 g/mol. The first kappa shape index (κ1) is 22.5. The number of phenols is 3. The minimum Gasteiger partial charge on any atom is -0.508 e. The van der Waals surface area contributed by atoms with E-state index in [0.29, 0.717) is 34.9 Å². The van der Waals surface area contributed by atoms with Crippen molar-refractivity contribution in [2.45, 2.75) is 65.2 Å². The number of aromatic amines is 1. The Morgan fingerprint density at radius 2 is 1.45 bits per heavy atom. The number of fused-ring (bicyclic) bond motifs is 1. The Hall–Kier alpha value is -3.15. The predicted molar refractivity (Wildman–Crippen MR) is 123 cm³/mol. The second kappa shape index (κ2) is 10.2. The fourth-order valence-electron chi connectivity index (χ4n) is 3.78. The normalized spacial score (nSPS) is 11.2. The molecule has 3 aromatic rings. The van der Waals surface area contributed by atoms with E-state index in [0.717, 1.165) is 38.5 Å². The smallest absolute Gasteiger partial charge is 0.251 e. The van der Waals surface area contributed by atoms with Gasteiger partial charge in [0, 0.05) is 28.6 Å². The lowest BCUT2D eigenvalue weighted by molar-refractivity contribution is 0.397. The number of aromatic hydroxyl groups is 3. The van der Waals surface area contributed by atoms with Gasteiger partial charge in [-0.15, -0.1) is 0 Å². The lowest BCUT2D eigenvalue weighted by Gasteiger charge is -2.15. The van der Waals surface area contributed by atoms with Crippen LogP contribution < -0.4 is 10.3 Å². The SMILES string of the molecule is CCCCCc1cc(O)cc(O)c1Oc1cc(O)cc2cc(CCCCC)c(=O)[nH]c12. The van der Waals surface area contributed by atoms with E-state index in [-0.39, 0.29) is 34.3 Å². The van der Waals surface area contributed by atoms with Crippen LogP contribution in [0.15, 0.2) is 35.1 Å². The minimum absolute atomic E-state index is 0.000131. The Bertz CT molecular complexity index is 1100. The average Bonchev–Trinajstić information content (AvgIpc) is 2.71. The molecule has 3 rings (SSSR count). The first-order valence-electron chi connectivity index (χ1n) is 11.0. The third-order valence-electron chi connectivity index (χ3n) is 5.42. The van der Waals surface area contributed by atoms with Crippen LogP contribution in [-0.4, -0.2) is 20.3 Å². The van der Waals surface area contributed by atoms with E-state index in [2.05, 4.69) is 18.8 Å². The van der Waals surface area contributed by atoms with Crippen molar-refractivity contribution in [3.05, 3.63) is 51.8 Å². The maximum absolute atomic E-state index is 12.6. The minimum atomic E-state index is -0.193. The third kappa shape index (κ3) is 5.51. The first-order chi connectivity index (χ1) is 14.9. The van der Waals surface area contributed by atoms with E-state index in [1.54, 1.807) is 18.2 Å². The lowest BCUT2D eigenvalue weighted by Crippen LogP contribution is -2.12. The molecular weight excluding hydrogens is 394 g/mol. The lowest BCUT2D eigenvalue weighted by atomic mass is 10.0. The summed E-state index contributed by atoms with van der Waals surface area (Å²) in [5.74, 6) is 0.224. The van der Waals surface area contributed by atoms with Crippen molar-refractivity contribution in [2.75, 3.05) is 0 Å². The van der Waals surface area contributed by atoms with Crippen molar-refractivity contribution in [3.63, 3.8) is 0 Å². The number of pyridine rings is 1. The Kier molecular flexibility index (Phi) is 7.45. The summed E-state index contributed by atoms with van der Waals surface area (Å²) < 4.78 is 6.02. The van der Waals surface area contributed by atoms with Crippen molar-refractivity contribution in [1.29, 1.82) is 0 Å². The van der Waals surface area contributed by atoms with E-state index in [1.807, 2.05) is 0 Å². The molecule has 0 saturated carbocycles. The molecule has 1 heterocycles. The van der Waals surface area contributed by atoms with Gasteiger partial charge in [0.05, 0.1) is 5.52 Å². The van der Waals surface area contributed by atoms with Crippen LogP contribution in [0.25, 0.3) is 10.9 Å². The summed E-state index contributed by atoms with van der Waals surface area (Å²) in [4.78, 5) is 15.5. The van der Waals surface area contributed by atoms with Gasteiger partial charge in [-0.05, 0) is 43.9 Å². The van der Waals surface area contributed by atoms with Crippen molar-refractivity contribution >= 4 is 10.9 Å². The Morgan fingerprint density at radius 3 is 2.13 bits per heavy atom. The number of phenolic OH excluding ortho intramolecular Hbond substituents is 3. The van der Waals surface area contributed by atoms with Crippen LogP contribution >= 0.6 is 0 Å². The van der Waals surface area contributed by atoms with Gasteiger partial charge in [-0.2, -0.15) is 0 Å². The predicted octanol–water partition coefficient (Wildman–Crippen LogP) is 5.90. The van der Waals surface area contributed by atoms with E-state index >= 15 is 0 Å². The summed E-state index contributed by atoms with van der Waals surface area (Å²) in [6.45, 7) is 4.21. The van der Waals surface area contributed by atoms with E-state index in [1.165, 1.54) is 12.1 Å². The van der Waals surface area contributed by atoms with Gasteiger partial charge >= 0.3 is 0 Å². The quantitative estimate of drug-likeness (QED) is 0.303. The van der Waals surface area contributed by atoms with Gasteiger partial charge in [0.1, 0.15) is 11.5 Å². The van der Waals surface area contributed by atoms with E-state index in [9.17, 15) is 20.1 Å². The first-order valence-corrected chi connectivity index (χ1v) is 11.0. The molecule has 6 nitrogen and oxygen atoms in total. The van der Waals surface area contributed by atoms with Gasteiger partial charge in [0.15, 0.2) is 17.2 Å². The molecular formula is C25H31NO5. The number of ether oxygens (including phenoxy) is 1. The Balaban J connectivity index is 2.02. The fraction of sp³-hybridized carbons (Fsp3) is 0.400. The standard InChI is InChI=1S/C25H31NO5/c1-3-5-7-9-16-12-19(27)14-21(29)24(16)31-22-15-20(28)13-18-11-17(10-8-6-4-2)25(30)26-23(18)22/h11-15,27-29H,3-10H2,1-2H3,(H,26,30). The molecule has 0 fully saturated rings. The van der Waals surface area contributed by atoms with Gasteiger partial charge in [-0.1, -0.05) is 39.5 Å². The summed E-state index contributed by atoms with van der Waals surface area (Å²) in [6, 6.07) is 7.58. The zero-order valence-electron chi connectivity index (χ0n) is 18.2. The second-order valence-electron chi connectivity index (χ2n) is 8.00. The highest BCUT2D eigenvalue weighted by Gasteiger charge is 2.16. The molecule has 0 radical (unpaired) electrons. The topological polar surface area (TPSA) is 103 Å². The van der Waals surface area contributed by atoms with Crippen LogP contribution in [0.2, 0.25) is 0 Å². The molecule has 0 bridgehead atoms. The number of unbranched alkanes of at least 4 members (excludes halogenated alkanes) is 4. The molecule has 0 amide bonds. The molecule has 31 heavy (non-hydrogen) atoms. The highest BCUT2D eigenvalue weighted by Crippen LogP contribution is 2.41. The van der Waals surface area contributed by atoms with Gasteiger partial charge in [-0.3, -0.25) is 4.79 Å². The molecule has 166 valence electrons. The van der Waals surface area contributed by atoms with Crippen molar-refractivity contribution in [1.82, 2.24) is 4.98 Å². The number of hydrogen-bond acceptors (Lipinski definition) is 5. The molecule has 0 spiro atoms. The molecule has 0 unspecified atom stereocenters. The third-order valence-corrected chi connectivity index (χ3v) is 5.42. The molecule has 2 aromatic carbocycles. The number of aryl methyl sites for hydroxylation is 2. The number of aromatic nitrogens is 1. The maximum atomic E-state index is 12.6. The number of H-pyrrole nitrogens is 1. The summed E-state index contributed by atoms with van der Waals surface area (Å²) in [5, 5.41) is 31.2. The zero-order valence-corrected chi connectivity index (χ0v) is 18.2. The van der Waals surface area contributed by atoms with Gasteiger partial charge in [-0.25, -0.2) is 0 Å². The van der Waals surface area contributed by atoms with Crippen LogP contribution in [0.3, 0.4) is 0 Å². The zero-order chi connectivity index (χ0) is 22.4. The second-order valence-corrected chi connectivity index (χ2v) is 8.00. The number of rotatable bonds is 10. The molecule has 6 heteroatoms. The number of nitrogens with one attached hydrogen (secondary N) is 1. The highest BCUT2D eigenvalue weighted by atomic mass is 16.5. The summed E-state index contributed by atoms with van der Waals surface area (Å²) >= 11 is 0. The van der Waals surface area contributed by atoms with Crippen LogP contribution in [0.4, 0.5) is 0 Å². The molecule has 0 atom stereocenters. The van der Waals surface area contributed by atoms with Crippen molar-refractivity contribution in [3.8, 4) is 28.7 Å². The highest BCUT2D eigenvalue weighted by molar-refractivity contribution is 5.87. The van der Waals surface area contributed by atoms with E-state index < -0.39 is 0 Å². The monoisotopic (exact) mass is 425 g/mol. The van der Waals surface area contributed by atoms with Crippen LogP contribution in [0.1, 0.15) is 63.5 Å². The molecule has 0 saturated heterocycles. The van der Waals surface area contributed by atoms with Crippen molar-refractivity contribution in [2.24, 2.45) is 0 Å². The largest absolute Gasteiger partial charge is 0.508 e. The Morgan fingerprint density at radius 1 is 0.806 bits per heavy atom. The van der Waals surface area contributed by atoms with Crippen LogP contribution in [-0.2, 0) is 12.8 Å². The molecule has 0 aliphatic carbocycles. The summed E-state index contributed by atoms with van der Waals surface area (Å²) in [7, 11) is 0. The molecule has 0 aliphatic heterocycles.